The van der Waals surface area contributed by atoms with Gasteiger partial charge in [0, 0.05) is 23.8 Å². The monoisotopic (exact) mass is 236 g/mol. The van der Waals surface area contributed by atoms with E-state index in [9.17, 15) is 0 Å². The molecule has 1 aromatic rings. The van der Waals surface area contributed by atoms with E-state index >= 15 is 0 Å². The van der Waals surface area contributed by atoms with Crippen molar-refractivity contribution in [2.24, 2.45) is 5.73 Å². The molecule has 1 saturated heterocycles. The van der Waals surface area contributed by atoms with E-state index in [4.69, 9.17) is 5.73 Å². The summed E-state index contributed by atoms with van der Waals surface area (Å²) in [6, 6.07) is 0.966. The van der Waals surface area contributed by atoms with Crippen molar-refractivity contribution in [3.8, 4) is 0 Å². The van der Waals surface area contributed by atoms with E-state index in [-0.39, 0.29) is 6.04 Å². The molecule has 2 unspecified atom stereocenters. The average Bonchev–Trinajstić information content (AvgIpc) is 2.68. The fourth-order valence-electron chi connectivity index (χ4n) is 2.65. The summed E-state index contributed by atoms with van der Waals surface area (Å²) in [5.41, 5.74) is 7.57. The van der Waals surface area contributed by atoms with Gasteiger partial charge in [0.05, 0.1) is 12.2 Å². The summed E-state index contributed by atoms with van der Waals surface area (Å²) < 4.78 is 2.01. The number of likely N-dealkylation sites (tertiary alicyclic amines) is 1. The quantitative estimate of drug-likeness (QED) is 0.853. The molecule has 1 aromatic heterocycles. The third-order valence-electron chi connectivity index (χ3n) is 3.67. The fourth-order valence-corrected chi connectivity index (χ4v) is 2.65. The van der Waals surface area contributed by atoms with Gasteiger partial charge in [0.15, 0.2) is 0 Å². The first-order chi connectivity index (χ1) is 8.09. The van der Waals surface area contributed by atoms with Crippen molar-refractivity contribution >= 4 is 0 Å². The number of likely N-dealkylation sites (N-methyl/N-ethyl adjacent to an activating group) is 1. The van der Waals surface area contributed by atoms with Crippen LogP contribution in [0, 0.1) is 0 Å². The van der Waals surface area contributed by atoms with Crippen LogP contribution in [-0.2, 0) is 0 Å². The molecule has 2 N–H and O–H groups in total. The molecule has 0 spiro atoms. The Morgan fingerprint density at radius 2 is 2.18 bits per heavy atom. The molecule has 2 rings (SSSR count). The zero-order valence-electron chi connectivity index (χ0n) is 11.1. The van der Waals surface area contributed by atoms with Crippen molar-refractivity contribution in [1.29, 1.82) is 0 Å². The molecule has 4 nitrogen and oxygen atoms in total. The molecule has 0 aromatic carbocycles. The van der Waals surface area contributed by atoms with Gasteiger partial charge in [-0.3, -0.25) is 9.58 Å². The number of hydrogen-bond acceptors (Lipinski definition) is 3. The van der Waals surface area contributed by atoms with E-state index in [1.807, 2.05) is 10.9 Å². The van der Waals surface area contributed by atoms with Crippen LogP contribution in [0.25, 0.3) is 0 Å². The largest absolute Gasteiger partial charge is 0.326 e. The molecule has 4 heteroatoms. The van der Waals surface area contributed by atoms with Crippen LogP contribution >= 0.6 is 0 Å². The molecule has 0 saturated carbocycles. The molecule has 1 aliphatic heterocycles. The Morgan fingerprint density at radius 3 is 2.82 bits per heavy atom. The Hall–Kier alpha value is -0.870. The highest BCUT2D eigenvalue weighted by Gasteiger charge is 2.27. The van der Waals surface area contributed by atoms with Crippen LogP contribution < -0.4 is 5.73 Å². The van der Waals surface area contributed by atoms with E-state index < -0.39 is 0 Å². The SMILES string of the molecule is CC(C)n1cc(C2C(N)CCCCN2C)cn1. The first-order valence-electron chi connectivity index (χ1n) is 6.59. The lowest BCUT2D eigenvalue weighted by atomic mass is 9.99. The molecule has 2 atom stereocenters. The van der Waals surface area contributed by atoms with Gasteiger partial charge in [-0.15, -0.1) is 0 Å². The van der Waals surface area contributed by atoms with Crippen molar-refractivity contribution in [3.05, 3.63) is 18.0 Å². The van der Waals surface area contributed by atoms with Gasteiger partial charge in [-0.2, -0.15) is 5.10 Å². The first kappa shape index (κ1) is 12.6. The maximum atomic E-state index is 6.31. The smallest absolute Gasteiger partial charge is 0.0538 e. The van der Waals surface area contributed by atoms with Gasteiger partial charge >= 0.3 is 0 Å². The molecule has 1 fully saturated rings. The van der Waals surface area contributed by atoms with Crippen LogP contribution in [0.2, 0.25) is 0 Å². The van der Waals surface area contributed by atoms with Crippen LogP contribution in [0.4, 0.5) is 0 Å². The van der Waals surface area contributed by atoms with E-state index in [1.165, 1.54) is 18.4 Å². The topological polar surface area (TPSA) is 47.1 Å². The Balaban J connectivity index is 2.22. The molecular weight excluding hydrogens is 212 g/mol. The standard InChI is InChI=1S/C13H24N4/c1-10(2)17-9-11(8-15-17)13-12(14)6-4-5-7-16(13)3/h8-10,12-13H,4-7,14H2,1-3H3. The minimum atomic E-state index is 0.229. The Kier molecular flexibility index (Phi) is 3.84. The normalized spacial score (nSPS) is 27.4. The maximum Gasteiger partial charge on any atom is 0.0538 e. The second kappa shape index (κ2) is 5.19. The van der Waals surface area contributed by atoms with Gasteiger partial charge in [-0.05, 0) is 40.3 Å². The van der Waals surface area contributed by atoms with Crippen LogP contribution in [-0.4, -0.2) is 34.3 Å². The zero-order valence-corrected chi connectivity index (χ0v) is 11.1. The minimum Gasteiger partial charge on any atom is -0.326 e. The van der Waals surface area contributed by atoms with Gasteiger partial charge in [0.1, 0.15) is 0 Å². The molecular formula is C13H24N4. The van der Waals surface area contributed by atoms with Gasteiger partial charge in [-0.1, -0.05) is 6.42 Å². The number of aromatic nitrogens is 2. The van der Waals surface area contributed by atoms with Gasteiger partial charge in [-0.25, -0.2) is 0 Å². The van der Waals surface area contributed by atoms with Crippen LogP contribution in [0.15, 0.2) is 12.4 Å². The molecule has 0 radical (unpaired) electrons. The summed E-state index contributed by atoms with van der Waals surface area (Å²) in [5, 5.41) is 4.42. The lowest BCUT2D eigenvalue weighted by Crippen LogP contribution is -2.37. The zero-order chi connectivity index (χ0) is 12.4. The second-order valence-corrected chi connectivity index (χ2v) is 5.43. The molecule has 17 heavy (non-hydrogen) atoms. The van der Waals surface area contributed by atoms with E-state index in [2.05, 4.69) is 37.1 Å². The molecule has 0 amide bonds. The molecule has 2 heterocycles. The Bertz CT molecular complexity index is 346. The number of nitrogens with zero attached hydrogens (tertiary/aromatic N) is 3. The van der Waals surface area contributed by atoms with Crippen molar-refractivity contribution in [2.45, 2.75) is 51.2 Å². The Labute approximate surface area is 104 Å². The third-order valence-corrected chi connectivity index (χ3v) is 3.67. The first-order valence-corrected chi connectivity index (χ1v) is 6.59. The predicted octanol–water partition coefficient (Wildman–Crippen LogP) is 1.95. The number of rotatable bonds is 2. The van der Waals surface area contributed by atoms with E-state index in [1.54, 1.807) is 0 Å². The van der Waals surface area contributed by atoms with Crippen LogP contribution in [0.5, 0.6) is 0 Å². The second-order valence-electron chi connectivity index (χ2n) is 5.43. The van der Waals surface area contributed by atoms with Gasteiger partial charge in [0.25, 0.3) is 0 Å². The lowest BCUT2D eigenvalue weighted by Gasteiger charge is -2.29. The van der Waals surface area contributed by atoms with E-state index in [0.29, 0.717) is 12.1 Å². The summed E-state index contributed by atoms with van der Waals surface area (Å²) in [4.78, 5) is 2.37. The summed E-state index contributed by atoms with van der Waals surface area (Å²) in [6.07, 6.45) is 7.73. The highest BCUT2D eigenvalue weighted by molar-refractivity contribution is 5.14. The third kappa shape index (κ3) is 2.69. The number of nitrogens with two attached hydrogens (primary N) is 1. The summed E-state index contributed by atoms with van der Waals surface area (Å²) in [6.45, 7) is 5.42. The lowest BCUT2D eigenvalue weighted by molar-refractivity contribution is 0.230. The Morgan fingerprint density at radius 1 is 1.41 bits per heavy atom. The van der Waals surface area contributed by atoms with Crippen molar-refractivity contribution in [2.75, 3.05) is 13.6 Å². The maximum absolute atomic E-state index is 6.31. The van der Waals surface area contributed by atoms with E-state index in [0.717, 1.165) is 13.0 Å². The highest BCUT2D eigenvalue weighted by atomic mass is 15.3. The van der Waals surface area contributed by atoms with Crippen LogP contribution in [0.3, 0.4) is 0 Å². The van der Waals surface area contributed by atoms with Crippen LogP contribution in [0.1, 0.15) is 50.8 Å². The minimum absolute atomic E-state index is 0.229. The molecule has 1 aliphatic rings. The van der Waals surface area contributed by atoms with Crippen molar-refractivity contribution in [1.82, 2.24) is 14.7 Å². The summed E-state index contributed by atoms with van der Waals surface area (Å²) >= 11 is 0. The molecule has 0 bridgehead atoms. The van der Waals surface area contributed by atoms with Gasteiger partial charge < -0.3 is 5.73 Å². The fraction of sp³-hybridized carbons (Fsp3) is 0.769. The van der Waals surface area contributed by atoms with Crippen molar-refractivity contribution < 1.29 is 0 Å². The number of hydrogen-bond donors (Lipinski definition) is 1. The van der Waals surface area contributed by atoms with Crippen molar-refractivity contribution in [3.63, 3.8) is 0 Å². The molecule has 96 valence electrons. The van der Waals surface area contributed by atoms with Gasteiger partial charge in [0.2, 0.25) is 0 Å². The molecule has 0 aliphatic carbocycles. The predicted molar refractivity (Wildman–Crippen MR) is 69.8 cm³/mol. The average molecular weight is 236 g/mol. The highest BCUT2D eigenvalue weighted by Crippen LogP contribution is 2.28. The summed E-state index contributed by atoms with van der Waals surface area (Å²) in [5.74, 6) is 0. The summed E-state index contributed by atoms with van der Waals surface area (Å²) in [7, 11) is 2.17.